The minimum atomic E-state index is -0.953. The number of terminal acetylenes is 1. The van der Waals surface area contributed by atoms with Gasteiger partial charge in [-0.25, -0.2) is 0 Å². The van der Waals surface area contributed by atoms with Crippen LogP contribution >= 0.6 is 0 Å². The number of cyclic esters (lactones) is 4. The second-order valence-corrected chi connectivity index (χ2v) is 10.3. The number of hydrogen-bond donors (Lipinski definition) is 0. The summed E-state index contributed by atoms with van der Waals surface area (Å²) in [5.74, 6) is -1.19. The number of benzene rings is 2. The second-order valence-electron chi connectivity index (χ2n) is 10.3. The average molecular weight is 539 g/mol. The van der Waals surface area contributed by atoms with Crippen LogP contribution in [0.4, 0.5) is 0 Å². The molecule has 2 heterocycles. The molecular formula is C32H26O8. The molecule has 40 heavy (non-hydrogen) atoms. The number of fused-ring (bicyclic) bond motifs is 1. The number of hydrogen-bond acceptors (Lipinski definition) is 8. The van der Waals surface area contributed by atoms with Gasteiger partial charge in [0.1, 0.15) is 29.1 Å². The van der Waals surface area contributed by atoms with E-state index in [9.17, 15) is 19.2 Å². The SMILES string of the molecule is C#CC1C(=O)OC(=O)C1/C=C(\C)Oc1ccc(C(C)(C)c2ccc(OC3=CC4C(=O)OC(=O)C4C=C3)cc2)cc1. The largest absolute Gasteiger partial charge is 0.462 e. The smallest absolute Gasteiger partial charge is 0.329 e. The van der Waals surface area contributed by atoms with Crippen LogP contribution in [-0.4, -0.2) is 23.9 Å². The Morgan fingerprint density at radius 1 is 0.850 bits per heavy atom. The maximum absolute atomic E-state index is 11.9. The van der Waals surface area contributed by atoms with Crippen molar-refractivity contribution in [2.75, 3.05) is 0 Å². The molecule has 2 saturated heterocycles. The van der Waals surface area contributed by atoms with Gasteiger partial charge in [-0.1, -0.05) is 50.1 Å². The van der Waals surface area contributed by atoms with Crippen LogP contribution in [0.5, 0.6) is 11.5 Å². The fourth-order valence-corrected chi connectivity index (χ4v) is 4.90. The lowest BCUT2D eigenvalue weighted by atomic mass is 9.78. The fraction of sp³-hybridized carbons (Fsp3) is 0.250. The van der Waals surface area contributed by atoms with Crippen molar-refractivity contribution in [3.63, 3.8) is 0 Å². The molecule has 0 bridgehead atoms. The van der Waals surface area contributed by atoms with E-state index in [0.29, 0.717) is 23.0 Å². The highest BCUT2D eigenvalue weighted by Crippen LogP contribution is 2.35. The highest BCUT2D eigenvalue weighted by atomic mass is 16.6. The molecule has 0 aromatic heterocycles. The molecule has 2 aliphatic heterocycles. The van der Waals surface area contributed by atoms with Crippen LogP contribution in [0.15, 0.2) is 84.4 Å². The molecule has 2 aromatic rings. The number of allylic oxidation sites excluding steroid dienone is 2. The first kappa shape index (κ1) is 26.7. The van der Waals surface area contributed by atoms with E-state index in [1.165, 1.54) is 6.08 Å². The highest BCUT2D eigenvalue weighted by Gasteiger charge is 2.43. The highest BCUT2D eigenvalue weighted by molar-refractivity contribution is 5.99. The zero-order chi connectivity index (χ0) is 28.6. The molecule has 5 rings (SSSR count). The van der Waals surface area contributed by atoms with Crippen molar-refractivity contribution in [2.45, 2.75) is 26.2 Å². The Hall–Kier alpha value is -4.90. The standard InChI is InChI=1S/C32H26O8/c1-5-24-26(30(35)39-28(24)33)16-18(2)37-21-10-6-19(7-11-21)32(3,4)20-8-12-22(13-9-20)38-23-14-15-25-27(17-23)31(36)40-29(25)34/h1,6-17,24-27H,2-4H3/b18-16+. The van der Waals surface area contributed by atoms with Crippen molar-refractivity contribution in [2.24, 2.45) is 23.7 Å². The van der Waals surface area contributed by atoms with Gasteiger partial charge in [0.2, 0.25) is 0 Å². The Labute approximate surface area is 231 Å². The first-order valence-electron chi connectivity index (χ1n) is 12.7. The van der Waals surface area contributed by atoms with Gasteiger partial charge in [-0.2, -0.15) is 0 Å². The predicted octanol–water partition coefficient (Wildman–Crippen LogP) is 4.39. The van der Waals surface area contributed by atoms with E-state index in [-0.39, 0.29) is 5.41 Å². The van der Waals surface area contributed by atoms with Gasteiger partial charge in [0.05, 0.1) is 17.6 Å². The quantitative estimate of drug-likeness (QED) is 0.221. The van der Waals surface area contributed by atoms with Crippen LogP contribution < -0.4 is 9.47 Å². The maximum Gasteiger partial charge on any atom is 0.329 e. The maximum atomic E-state index is 11.9. The summed E-state index contributed by atoms with van der Waals surface area (Å²) in [5.41, 5.74) is 1.75. The van der Waals surface area contributed by atoms with Crippen molar-refractivity contribution in [3.05, 3.63) is 95.5 Å². The van der Waals surface area contributed by atoms with Gasteiger partial charge in [-0.3, -0.25) is 19.2 Å². The zero-order valence-corrected chi connectivity index (χ0v) is 22.1. The molecule has 0 saturated carbocycles. The zero-order valence-electron chi connectivity index (χ0n) is 22.1. The number of carbonyl (C=O) groups excluding carboxylic acids is 4. The Bertz CT molecular complexity index is 1520. The third kappa shape index (κ3) is 5.06. The summed E-state index contributed by atoms with van der Waals surface area (Å²) < 4.78 is 21.1. The summed E-state index contributed by atoms with van der Waals surface area (Å²) in [5, 5.41) is 0. The summed E-state index contributed by atoms with van der Waals surface area (Å²) in [6.45, 7) is 5.88. The summed E-state index contributed by atoms with van der Waals surface area (Å²) in [4.78, 5) is 47.2. The first-order valence-corrected chi connectivity index (χ1v) is 12.7. The lowest BCUT2D eigenvalue weighted by molar-refractivity contribution is -0.155. The molecular weight excluding hydrogens is 512 g/mol. The van der Waals surface area contributed by atoms with Crippen LogP contribution in [0.1, 0.15) is 31.9 Å². The third-order valence-corrected chi connectivity index (χ3v) is 7.29. The summed E-state index contributed by atoms with van der Waals surface area (Å²) >= 11 is 0. The molecule has 2 fully saturated rings. The molecule has 8 nitrogen and oxygen atoms in total. The molecule has 4 unspecified atom stereocenters. The summed E-state index contributed by atoms with van der Waals surface area (Å²) in [6, 6.07) is 15.2. The topological polar surface area (TPSA) is 105 Å². The lowest BCUT2D eigenvalue weighted by Crippen LogP contribution is -2.19. The Kier molecular flexibility index (Phi) is 6.90. The van der Waals surface area contributed by atoms with Gasteiger partial charge in [0.15, 0.2) is 0 Å². The molecule has 4 atom stereocenters. The number of ether oxygens (including phenoxy) is 4. The molecule has 0 N–H and O–H groups in total. The second kappa shape index (κ2) is 10.3. The van der Waals surface area contributed by atoms with Crippen molar-refractivity contribution in [1.82, 2.24) is 0 Å². The van der Waals surface area contributed by atoms with Gasteiger partial charge in [0, 0.05) is 5.41 Å². The number of esters is 4. The molecule has 8 heteroatoms. The van der Waals surface area contributed by atoms with Crippen LogP contribution in [0.25, 0.3) is 0 Å². The third-order valence-electron chi connectivity index (χ3n) is 7.29. The molecule has 0 radical (unpaired) electrons. The number of carbonyl (C=O) groups is 4. The van der Waals surface area contributed by atoms with Gasteiger partial charge in [0.25, 0.3) is 0 Å². The van der Waals surface area contributed by atoms with Crippen molar-refractivity contribution < 1.29 is 38.1 Å². The van der Waals surface area contributed by atoms with E-state index < -0.39 is 47.5 Å². The van der Waals surface area contributed by atoms with E-state index in [1.54, 1.807) is 25.2 Å². The van der Waals surface area contributed by atoms with Crippen LogP contribution in [-0.2, 0) is 34.1 Å². The monoisotopic (exact) mass is 538 g/mol. The van der Waals surface area contributed by atoms with Crippen LogP contribution in [0.3, 0.4) is 0 Å². The van der Waals surface area contributed by atoms with E-state index >= 15 is 0 Å². The van der Waals surface area contributed by atoms with E-state index in [4.69, 9.17) is 20.6 Å². The van der Waals surface area contributed by atoms with Gasteiger partial charge < -0.3 is 18.9 Å². The lowest BCUT2D eigenvalue weighted by Gasteiger charge is -2.26. The van der Waals surface area contributed by atoms with E-state index in [1.807, 2.05) is 48.5 Å². The van der Waals surface area contributed by atoms with Crippen LogP contribution in [0.2, 0.25) is 0 Å². The van der Waals surface area contributed by atoms with E-state index in [0.717, 1.165) is 11.1 Å². The summed E-state index contributed by atoms with van der Waals surface area (Å²) in [7, 11) is 0. The normalized spacial score (nSPS) is 24.1. The fourth-order valence-electron chi connectivity index (χ4n) is 4.90. The molecule has 1 aliphatic carbocycles. The van der Waals surface area contributed by atoms with Gasteiger partial charge >= 0.3 is 23.9 Å². The Balaban J connectivity index is 1.24. The first-order chi connectivity index (χ1) is 19.1. The van der Waals surface area contributed by atoms with Gasteiger partial charge in [-0.15, -0.1) is 6.42 Å². The van der Waals surface area contributed by atoms with Gasteiger partial charge in [-0.05, 0) is 60.5 Å². The molecule has 0 amide bonds. The molecule has 3 aliphatic rings. The molecule has 202 valence electrons. The predicted molar refractivity (Wildman–Crippen MR) is 142 cm³/mol. The minimum Gasteiger partial charge on any atom is -0.462 e. The van der Waals surface area contributed by atoms with Crippen molar-refractivity contribution >= 4 is 23.9 Å². The van der Waals surface area contributed by atoms with Crippen molar-refractivity contribution in [3.8, 4) is 23.8 Å². The molecule has 0 spiro atoms. The Morgan fingerprint density at radius 2 is 1.43 bits per heavy atom. The van der Waals surface area contributed by atoms with E-state index in [2.05, 4.69) is 24.5 Å². The Morgan fingerprint density at radius 3 is 2.05 bits per heavy atom. The minimum absolute atomic E-state index is 0.346. The molecule has 2 aromatic carbocycles. The average Bonchev–Trinajstić information content (AvgIpc) is 3.36. The van der Waals surface area contributed by atoms with Crippen LogP contribution in [0, 0.1) is 36.0 Å². The number of rotatable bonds is 7. The van der Waals surface area contributed by atoms with Crippen molar-refractivity contribution in [1.29, 1.82) is 0 Å². The summed E-state index contributed by atoms with van der Waals surface area (Å²) in [6.07, 6.45) is 11.8.